The molecule has 0 saturated carbocycles. The van der Waals surface area contributed by atoms with Crippen molar-refractivity contribution in [2.45, 2.75) is 53.0 Å². The largest absolute Gasteiger partial charge is 0.249 e. The average Bonchev–Trinajstić information content (AvgIpc) is 2.43. The van der Waals surface area contributed by atoms with Crippen LogP contribution in [0, 0.1) is 6.92 Å². The van der Waals surface area contributed by atoms with Gasteiger partial charge in [-0.05, 0) is 19.3 Å². The molecule has 0 saturated heterocycles. The highest BCUT2D eigenvalue weighted by Gasteiger charge is 2.11. The summed E-state index contributed by atoms with van der Waals surface area (Å²) in [6.45, 7) is 9.61. The molecule has 0 aromatic carbocycles. The van der Waals surface area contributed by atoms with Crippen molar-refractivity contribution in [2.75, 3.05) is 0 Å². The predicted molar refractivity (Wildman–Crippen MR) is 53.8 cm³/mol. The molecule has 0 spiro atoms. The van der Waals surface area contributed by atoms with Crippen molar-refractivity contribution in [3.8, 4) is 0 Å². The Morgan fingerprint density at radius 2 is 2.08 bits per heavy atom. The van der Waals surface area contributed by atoms with Crippen LogP contribution >= 0.6 is 0 Å². The van der Waals surface area contributed by atoms with Crippen LogP contribution in [-0.4, -0.2) is 15.0 Å². The number of nitrogens with zero attached hydrogens (tertiary/aromatic N) is 3. The maximum Gasteiger partial charge on any atom is 0.0830 e. The summed E-state index contributed by atoms with van der Waals surface area (Å²) in [6, 6.07) is 0. The molecule has 0 aliphatic heterocycles. The number of rotatable bonds is 4. The summed E-state index contributed by atoms with van der Waals surface area (Å²) < 4.78 is 2.05. The zero-order valence-corrected chi connectivity index (χ0v) is 9.04. The highest BCUT2D eigenvalue weighted by molar-refractivity contribution is 5.11. The minimum Gasteiger partial charge on any atom is -0.249 e. The molecule has 74 valence electrons. The molecule has 13 heavy (non-hydrogen) atoms. The van der Waals surface area contributed by atoms with Gasteiger partial charge in [0.25, 0.3) is 0 Å². The van der Waals surface area contributed by atoms with Crippen LogP contribution in [0.1, 0.15) is 50.9 Å². The molecule has 0 bridgehead atoms. The summed E-state index contributed by atoms with van der Waals surface area (Å²) in [7, 11) is 0. The smallest absolute Gasteiger partial charge is 0.0830 e. The lowest BCUT2D eigenvalue weighted by atomic mass is 10.1. The summed E-state index contributed by atoms with van der Waals surface area (Å²) in [4.78, 5) is 0. The molecule has 3 heteroatoms. The molecule has 1 aromatic rings. The van der Waals surface area contributed by atoms with E-state index in [1.165, 1.54) is 18.5 Å². The highest BCUT2D eigenvalue weighted by Crippen LogP contribution is 2.16. The Kier molecular flexibility index (Phi) is 3.46. The normalized spacial score (nSPS) is 11.2. The van der Waals surface area contributed by atoms with Crippen LogP contribution in [0.25, 0.3) is 0 Å². The molecule has 0 fully saturated rings. The Morgan fingerprint density at radius 3 is 2.62 bits per heavy atom. The van der Waals surface area contributed by atoms with Gasteiger partial charge in [-0.25, -0.2) is 4.68 Å². The predicted octanol–water partition coefficient (Wildman–Crippen LogP) is 2.51. The maximum absolute atomic E-state index is 4.14. The summed E-state index contributed by atoms with van der Waals surface area (Å²) in [5.41, 5.74) is 2.36. The van der Waals surface area contributed by atoms with E-state index in [-0.39, 0.29) is 0 Å². The topological polar surface area (TPSA) is 30.7 Å². The van der Waals surface area contributed by atoms with Crippen LogP contribution < -0.4 is 0 Å². The standard InChI is InChI=1S/C10H19N3/c1-5-6-7-13-10(8(2)3)9(4)11-12-13/h8H,5-7H2,1-4H3. The first kappa shape index (κ1) is 10.2. The minimum absolute atomic E-state index is 0.520. The zero-order chi connectivity index (χ0) is 9.84. The Bertz CT molecular complexity index is 263. The second-order valence-corrected chi connectivity index (χ2v) is 3.79. The molecular weight excluding hydrogens is 162 g/mol. The first-order chi connectivity index (χ1) is 6.16. The van der Waals surface area contributed by atoms with Crippen molar-refractivity contribution in [3.05, 3.63) is 11.4 Å². The van der Waals surface area contributed by atoms with Crippen LogP contribution in [0.5, 0.6) is 0 Å². The SMILES string of the molecule is CCCCn1nnc(C)c1C(C)C. The van der Waals surface area contributed by atoms with Gasteiger partial charge in [0, 0.05) is 6.54 Å². The fourth-order valence-corrected chi connectivity index (χ4v) is 1.60. The molecule has 0 atom stereocenters. The quantitative estimate of drug-likeness (QED) is 0.714. The van der Waals surface area contributed by atoms with Crippen LogP contribution in [0.4, 0.5) is 0 Å². The van der Waals surface area contributed by atoms with Crippen molar-refractivity contribution >= 4 is 0 Å². The van der Waals surface area contributed by atoms with E-state index in [1.54, 1.807) is 0 Å². The number of aromatic nitrogens is 3. The summed E-state index contributed by atoms with van der Waals surface area (Å²) >= 11 is 0. The molecule has 0 aliphatic carbocycles. The fraction of sp³-hybridized carbons (Fsp3) is 0.800. The van der Waals surface area contributed by atoms with Crippen molar-refractivity contribution in [1.82, 2.24) is 15.0 Å². The number of unbranched alkanes of at least 4 members (excludes halogenated alkanes) is 1. The molecule has 1 rings (SSSR count). The number of aryl methyl sites for hydroxylation is 2. The zero-order valence-electron chi connectivity index (χ0n) is 9.04. The van der Waals surface area contributed by atoms with Crippen LogP contribution in [0.15, 0.2) is 0 Å². The van der Waals surface area contributed by atoms with Gasteiger partial charge in [-0.2, -0.15) is 0 Å². The van der Waals surface area contributed by atoms with E-state index in [2.05, 4.69) is 31.1 Å². The Morgan fingerprint density at radius 1 is 1.38 bits per heavy atom. The van der Waals surface area contributed by atoms with E-state index in [4.69, 9.17) is 0 Å². The number of hydrogen-bond donors (Lipinski definition) is 0. The van der Waals surface area contributed by atoms with Gasteiger partial charge >= 0.3 is 0 Å². The van der Waals surface area contributed by atoms with Crippen molar-refractivity contribution in [3.63, 3.8) is 0 Å². The molecule has 3 nitrogen and oxygen atoms in total. The van der Waals surface area contributed by atoms with Crippen LogP contribution in [0.2, 0.25) is 0 Å². The van der Waals surface area contributed by atoms with Gasteiger partial charge in [0.05, 0.1) is 11.4 Å². The van der Waals surface area contributed by atoms with E-state index in [0.29, 0.717) is 5.92 Å². The molecule has 0 N–H and O–H groups in total. The van der Waals surface area contributed by atoms with Crippen molar-refractivity contribution in [1.29, 1.82) is 0 Å². The second kappa shape index (κ2) is 4.40. The second-order valence-electron chi connectivity index (χ2n) is 3.79. The van der Waals surface area contributed by atoms with E-state index in [9.17, 15) is 0 Å². The lowest BCUT2D eigenvalue weighted by Crippen LogP contribution is -2.07. The summed E-state index contributed by atoms with van der Waals surface area (Å²) in [5.74, 6) is 0.520. The Balaban J connectivity index is 2.81. The molecule has 0 aliphatic rings. The average molecular weight is 181 g/mol. The van der Waals surface area contributed by atoms with E-state index >= 15 is 0 Å². The third kappa shape index (κ3) is 2.29. The Labute approximate surface area is 80.1 Å². The Hall–Kier alpha value is -0.860. The van der Waals surface area contributed by atoms with E-state index < -0.39 is 0 Å². The molecule has 1 heterocycles. The fourth-order valence-electron chi connectivity index (χ4n) is 1.60. The summed E-state index contributed by atoms with van der Waals surface area (Å²) in [5, 5.41) is 8.24. The van der Waals surface area contributed by atoms with Gasteiger partial charge in [0.1, 0.15) is 0 Å². The lowest BCUT2D eigenvalue weighted by Gasteiger charge is -2.08. The van der Waals surface area contributed by atoms with E-state index in [0.717, 1.165) is 12.2 Å². The number of hydrogen-bond acceptors (Lipinski definition) is 2. The van der Waals surface area contributed by atoms with Crippen molar-refractivity contribution < 1.29 is 0 Å². The summed E-state index contributed by atoms with van der Waals surface area (Å²) in [6.07, 6.45) is 2.39. The molecule has 0 radical (unpaired) electrons. The highest BCUT2D eigenvalue weighted by atomic mass is 15.4. The monoisotopic (exact) mass is 181 g/mol. The van der Waals surface area contributed by atoms with Gasteiger partial charge in [-0.15, -0.1) is 5.10 Å². The molecule has 0 amide bonds. The van der Waals surface area contributed by atoms with Gasteiger partial charge in [-0.3, -0.25) is 0 Å². The van der Waals surface area contributed by atoms with Gasteiger partial charge < -0.3 is 0 Å². The molecule has 0 unspecified atom stereocenters. The molecule has 1 aromatic heterocycles. The molecular formula is C10H19N3. The third-order valence-electron chi connectivity index (χ3n) is 2.22. The van der Waals surface area contributed by atoms with Gasteiger partial charge in [-0.1, -0.05) is 32.4 Å². The van der Waals surface area contributed by atoms with Crippen LogP contribution in [0.3, 0.4) is 0 Å². The lowest BCUT2D eigenvalue weighted by molar-refractivity contribution is 0.522. The first-order valence-electron chi connectivity index (χ1n) is 5.06. The third-order valence-corrected chi connectivity index (χ3v) is 2.22. The maximum atomic E-state index is 4.14. The first-order valence-corrected chi connectivity index (χ1v) is 5.06. The minimum atomic E-state index is 0.520. The van der Waals surface area contributed by atoms with Gasteiger partial charge in [0.2, 0.25) is 0 Å². The van der Waals surface area contributed by atoms with E-state index in [1.807, 2.05) is 11.6 Å². The van der Waals surface area contributed by atoms with Crippen LogP contribution in [-0.2, 0) is 6.54 Å². The van der Waals surface area contributed by atoms with Crippen molar-refractivity contribution in [2.24, 2.45) is 0 Å². The van der Waals surface area contributed by atoms with Gasteiger partial charge in [0.15, 0.2) is 0 Å².